The summed E-state index contributed by atoms with van der Waals surface area (Å²) >= 11 is 5.86. The maximum Gasteiger partial charge on any atom is 0.141 e. The van der Waals surface area contributed by atoms with Gasteiger partial charge in [0, 0.05) is 5.92 Å². The summed E-state index contributed by atoms with van der Waals surface area (Å²) in [5, 5.41) is 17.8. The number of benzene rings is 1. The largest absolute Gasteiger partial charge is 0.390 e. The molecular formula is C15H17ClFN3O. The molecule has 0 aliphatic heterocycles. The molecule has 1 saturated carbocycles. The van der Waals surface area contributed by atoms with E-state index in [0.29, 0.717) is 17.3 Å². The van der Waals surface area contributed by atoms with Crippen LogP contribution in [0.5, 0.6) is 0 Å². The molecule has 6 heteroatoms. The summed E-state index contributed by atoms with van der Waals surface area (Å²) in [5.74, 6) is -0.123. The lowest BCUT2D eigenvalue weighted by Gasteiger charge is -2.23. The third-order valence-corrected chi connectivity index (χ3v) is 4.36. The van der Waals surface area contributed by atoms with Crippen LogP contribution in [0.2, 0.25) is 5.02 Å². The minimum atomic E-state index is -0.456. The molecule has 4 nitrogen and oxygen atoms in total. The normalized spacial score (nSPS) is 16.3. The molecule has 0 saturated heterocycles. The van der Waals surface area contributed by atoms with Crippen LogP contribution < -0.4 is 0 Å². The van der Waals surface area contributed by atoms with Crippen molar-refractivity contribution in [2.75, 3.05) is 0 Å². The molecule has 1 aromatic heterocycles. The summed E-state index contributed by atoms with van der Waals surface area (Å²) in [6.07, 6.45) is 5.72. The Morgan fingerprint density at radius 1 is 1.29 bits per heavy atom. The highest BCUT2D eigenvalue weighted by molar-refractivity contribution is 6.30. The fraction of sp³-hybridized carbons (Fsp3) is 0.467. The third-order valence-electron chi connectivity index (χ3n) is 4.07. The molecule has 0 amide bonds. The molecule has 1 heterocycles. The van der Waals surface area contributed by atoms with Gasteiger partial charge in [0.15, 0.2) is 0 Å². The molecule has 1 aliphatic carbocycles. The van der Waals surface area contributed by atoms with Crippen molar-refractivity contribution in [1.29, 1.82) is 0 Å². The summed E-state index contributed by atoms with van der Waals surface area (Å²) in [4.78, 5) is 0. The van der Waals surface area contributed by atoms with Crippen molar-refractivity contribution in [3.63, 3.8) is 0 Å². The fourth-order valence-electron chi connectivity index (χ4n) is 3.03. The predicted octanol–water partition coefficient (Wildman–Crippen LogP) is 3.60. The van der Waals surface area contributed by atoms with Gasteiger partial charge in [-0.05, 0) is 31.0 Å². The average molecular weight is 310 g/mol. The van der Waals surface area contributed by atoms with Crippen molar-refractivity contribution in [3.8, 4) is 5.69 Å². The van der Waals surface area contributed by atoms with Crippen LogP contribution in [0.15, 0.2) is 18.2 Å². The van der Waals surface area contributed by atoms with Gasteiger partial charge in [-0.1, -0.05) is 36.1 Å². The standard InChI is InChI=1S/C15H17ClFN3O/c16-12-8-11(6-7-13(12)17)20-15(14(9-21)18-19-20)10-4-2-1-3-5-10/h6-8,10,21H,1-5,9H2. The topological polar surface area (TPSA) is 50.9 Å². The van der Waals surface area contributed by atoms with Crippen molar-refractivity contribution >= 4 is 11.6 Å². The van der Waals surface area contributed by atoms with Gasteiger partial charge in [-0.2, -0.15) is 0 Å². The van der Waals surface area contributed by atoms with E-state index in [-0.39, 0.29) is 11.6 Å². The monoisotopic (exact) mass is 309 g/mol. The molecule has 3 rings (SSSR count). The van der Waals surface area contributed by atoms with Crippen LogP contribution in [0, 0.1) is 5.82 Å². The number of aliphatic hydroxyl groups is 1. The highest BCUT2D eigenvalue weighted by Crippen LogP contribution is 2.35. The number of rotatable bonds is 3. The Kier molecular flexibility index (Phi) is 4.22. The smallest absolute Gasteiger partial charge is 0.141 e. The van der Waals surface area contributed by atoms with Gasteiger partial charge in [-0.15, -0.1) is 5.10 Å². The zero-order chi connectivity index (χ0) is 14.8. The lowest BCUT2D eigenvalue weighted by atomic mass is 9.86. The summed E-state index contributed by atoms with van der Waals surface area (Å²) < 4.78 is 15.0. The van der Waals surface area contributed by atoms with Crippen LogP contribution in [-0.2, 0) is 6.61 Å². The molecule has 0 unspecified atom stereocenters. The van der Waals surface area contributed by atoms with Crippen molar-refractivity contribution in [3.05, 3.63) is 40.4 Å². The van der Waals surface area contributed by atoms with Gasteiger partial charge in [-0.3, -0.25) is 0 Å². The Balaban J connectivity index is 2.05. The highest BCUT2D eigenvalue weighted by atomic mass is 35.5. The summed E-state index contributed by atoms with van der Waals surface area (Å²) in [6, 6.07) is 4.49. The van der Waals surface area contributed by atoms with E-state index in [4.69, 9.17) is 11.6 Å². The zero-order valence-electron chi connectivity index (χ0n) is 11.6. The fourth-order valence-corrected chi connectivity index (χ4v) is 3.20. The lowest BCUT2D eigenvalue weighted by Crippen LogP contribution is -2.13. The molecule has 0 atom stereocenters. The molecule has 1 aromatic carbocycles. The van der Waals surface area contributed by atoms with Crippen LogP contribution in [-0.4, -0.2) is 20.1 Å². The minimum Gasteiger partial charge on any atom is -0.390 e. The summed E-state index contributed by atoms with van der Waals surface area (Å²) in [7, 11) is 0. The Morgan fingerprint density at radius 3 is 2.71 bits per heavy atom. The number of nitrogens with zero attached hydrogens (tertiary/aromatic N) is 3. The third kappa shape index (κ3) is 2.80. The maximum atomic E-state index is 13.3. The lowest BCUT2D eigenvalue weighted by molar-refractivity contribution is 0.273. The van der Waals surface area contributed by atoms with Crippen LogP contribution >= 0.6 is 11.6 Å². The number of hydrogen-bond acceptors (Lipinski definition) is 3. The molecule has 0 spiro atoms. The Morgan fingerprint density at radius 2 is 2.05 bits per heavy atom. The minimum absolute atomic E-state index is 0.0585. The van der Waals surface area contributed by atoms with E-state index in [0.717, 1.165) is 18.5 Å². The van der Waals surface area contributed by atoms with E-state index in [9.17, 15) is 9.50 Å². The zero-order valence-corrected chi connectivity index (χ0v) is 12.4. The van der Waals surface area contributed by atoms with Crippen molar-refractivity contribution in [2.24, 2.45) is 0 Å². The van der Waals surface area contributed by atoms with Crippen molar-refractivity contribution in [1.82, 2.24) is 15.0 Å². The van der Waals surface area contributed by atoms with E-state index < -0.39 is 5.82 Å². The van der Waals surface area contributed by atoms with Crippen LogP contribution in [0.3, 0.4) is 0 Å². The molecule has 112 valence electrons. The van der Waals surface area contributed by atoms with E-state index in [1.807, 2.05) is 0 Å². The van der Waals surface area contributed by atoms with Gasteiger partial charge in [0.2, 0.25) is 0 Å². The second-order valence-corrected chi connectivity index (χ2v) is 5.83. The predicted molar refractivity (Wildman–Crippen MR) is 78.1 cm³/mol. The van der Waals surface area contributed by atoms with Crippen LogP contribution in [0.25, 0.3) is 5.69 Å². The molecule has 0 bridgehead atoms. The molecule has 1 N–H and O–H groups in total. The quantitative estimate of drug-likeness (QED) is 0.942. The van der Waals surface area contributed by atoms with Gasteiger partial charge in [0.25, 0.3) is 0 Å². The van der Waals surface area contributed by atoms with E-state index >= 15 is 0 Å². The molecule has 1 fully saturated rings. The van der Waals surface area contributed by atoms with Gasteiger partial charge in [0.1, 0.15) is 11.5 Å². The second-order valence-electron chi connectivity index (χ2n) is 5.42. The van der Waals surface area contributed by atoms with E-state index in [2.05, 4.69) is 10.3 Å². The first-order chi connectivity index (χ1) is 10.2. The first kappa shape index (κ1) is 14.5. The Bertz CT molecular complexity index is 638. The van der Waals surface area contributed by atoms with Gasteiger partial charge in [-0.25, -0.2) is 9.07 Å². The first-order valence-electron chi connectivity index (χ1n) is 7.21. The number of halogens is 2. The Hall–Kier alpha value is -1.46. The SMILES string of the molecule is OCc1nnn(-c2ccc(F)c(Cl)c2)c1C1CCCCC1. The van der Waals surface area contributed by atoms with Gasteiger partial charge < -0.3 is 5.11 Å². The number of hydrogen-bond donors (Lipinski definition) is 1. The van der Waals surface area contributed by atoms with E-state index in [1.54, 1.807) is 16.8 Å². The maximum absolute atomic E-state index is 13.3. The first-order valence-corrected chi connectivity index (χ1v) is 7.59. The summed E-state index contributed by atoms with van der Waals surface area (Å²) in [6.45, 7) is -0.138. The second kappa shape index (κ2) is 6.12. The number of aromatic nitrogens is 3. The molecule has 1 aliphatic rings. The van der Waals surface area contributed by atoms with Crippen molar-refractivity contribution < 1.29 is 9.50 Å². The average Bonchev–Trinajstić information content (AvgIpc) is 2.95. The van der Waals surface area contributed by atoms with Crippen LogP contribution in [0.1, 0.15) is 49.4 Å². The Labute approximate surface area is 127 Å². The molecule has 2 aromatic rings. The van der Waals surface area contributed by atoms with Gasteiger partial charge in [0.05, 0.1) is 23.0 Å². The van der Waals surface area contributed by atoms with Gasteiger partial charge >= 0.3 is 0 Å². The van der Waals surface area contributed by atoms with Crippen LogP contribution in [0.4, 0.5) is 4.39 Å². The number of aliphatic hydroxyl groups excluding tert-OH is 1. The molecule has 0 radical (unpaired) electrons. The van der Waals surface area contributed by atoms with Crippen molar-refractivity contribution in [2.45, 2.75) is 44.6 Å². The summed E-state index contributed by atoms with van der Waals surface area (Å²) in [5.41, 5.74) is 2.20. The molecular weight excluding hydrogens is 293 g/mol. The highest BCUT2D eigenvalue weighted by Gasteiger charge is 2.25. The van der Waals surface area contributed by atoms with E-state index in [1.165, 1.54) is 25.3 Å². The molecule has 21 heavy (non-hydrogen) atoms.